The number of nitro groups is 1. The fourth-order valence-electron chi connectivity index (χ4n) is 1.22. The molecule has 0 fully saturated rings. The minimum absolute atomic E-state index is 0.138. The first kappa shape index (κ1) is 12.2. The number of nitrogen functional groups attached to an aromatic ring is 1. The molecule has 18 heavy (non-hydrogen) atoms. The Bertz CT molecular complexity index is 605. The van der Waals surface area contributed by atoms with Gasteiger partial charge in [-0.05, 0) is 28.1 Å². The van der Waals surface area contributed by atoms with Crippen LogP contribution in [-0.4, -0.2) is 14.9 Å². The van der Waals surface area contributed by atoms with Crippen LogP contribution in [0.3, 0.4) is 0 Å². The second-order valence-electron chi connectivity index (χ2n) is 3.26. The smallest absolute Gasteiger partial charge is 0.331 e. The van der Waals surface area contributed by atoms with Crippen LogP contribution in [0.25, 0.3) is 0 Å². The van der Waals surface area contributed by atoms with Crippen LogP contribution in [0, 0.1) is 10.1 Å². The van der Waals surface area contributed by atoms with Crippen LogP contribution in [-0.2, 0) is 0 Å². The lowest BCUT2D eigenvalue weighted by Crippen LogP contribution is -1.99. The van der Waals surface area contributed by atoms with Gasteiger partial charge >= 0.3 is 11.6 Å². The highest BCUT2D eigenvalue weighted by Crippen LogP contribution is 2.30. The van der Waals surface area contributed by atoms with E-state index in [2.05, 4.69) is 25.9 Å². The van der Waals surface area contributed by atoms with Gasteiger partial charge < -0.3 is 10.5 Å². The molecule has 0 amide bonds. The van der Waals surface area contributed by atoms with Crippen molar-refractivity contribution in [3.63, 3.8) is 0 Å². The lowest BCUT2D eigenvalue weighted by molar-refractivity contribution is -0.386. The first-order chi connectivity index (χ1) is 8.56. The van der Waals surface area contributed by atoms with Gasteiger partial charge in [-0.3, -0.25) is 15.1 Å². The second-order valence-corrected chi connectivity index (χ2v) is 4.17. The van der Waals surface area contributed by atoms with Crippen molar-refractivity contribution in [2.45, 2.75) is 0 Å². The molecule has 0 aliphatic carbocycles. The molecule has 7 nitrogen and oxygen atoms in total. The summed E-state index contributed by atoms with van der Waals surface area (Å²) in [5.41, 5.74) is 5.21. The SMILES string of the molecule is Nc1ccc([N+](=O)[O-])c(Oc2cncc(Br)c2)n1. The Balaban J connectivity index is 2.39. The predicted molar refractivity (Wildman–Crippen MR) is 67.3 cm³/mol. The summed E-state index contributed by atoms with van der Waals surface area (Å²) in [6, 6.07) is 4.19. The van der Waals surface area contributed by atoms with Crippen molar-refractivity contribution in [1.29, 1.82) is 0 Å². The van der Waals surface area contributed by atoms with E-state index >= 15 is 0 Å². The average Bonchev–Trinajstić information content (AvgIpc) is 2.28. The van der Waals surface area contributed by atoms with E-state index in [0.717, 1.165) is 0 Å². The Labute approximate surface area is 110 Å². The van der Waals surface area contributed by atoms with E-state index in [1.165, 1.54) is 18.3 Å². The van der Waals surface area contributed by atoms with E-state index in [1.807, 2.05) is 0 Å². The van der Waals surface area contributed by atoms with E-state index in [0.29, 0.717) is 10.2 Å². The number of pyridine rings is 2. The zero-order valence-electron chi connectivity index (χ0n) is 8.91. The first-order valence-corrected chi connectivity index (χ1v) is 5.55. The van der Waals surface area contributed by atoms with E-state index < -0.39 is 4.92 Å². The molecular weight excluding hydrogens is 304 g/mol. The van der Waals surface area contributed by atoms with Crippen molar-refractivity contribution in [3.8, 4) is 11.6 Å². The summed E-state index contributed by atoms with van der Waals surface area (Å²) in [4.78, 5) is 17.9. The molecule has 2 heterocycles. The van der Waals surface area contributed by atoms with Crippen LogP contribution in [0.4, 0.5) is 11.5 Å². The molecule has 92 valence electrons. The summed E-state index contributed by atoms with van der Waals surface area (Å²) >= 11 is 3.22. The summed E-state index contributed by atoms with van der Waals surface area (Å²) < 4.78 is 5.99. The van der Waals surface area contributed by atoms with Crippen LogP contribution < -0.4 is 10.5 Å². The molecular formula is C10H7BrN4O3. The first-order valence-electron chi connectivity index (χ1n) is 4.75. The summed E-state index contributed by atoms with van der Waals surface area (Å²) in [5, 5.41) is 10.8. The Kier molecular flexibility index (Phi) is 3.38. The Hall–Kier alpha value is -2.22. The number of hydrogen-bond acceptors (Lipinski definition) is 6. The van der Waals surface area contributed by atoms with Crippen LogP contribution in [0.5, 0.6) is 11.6 Å². The molecule has 0 aliphatic heterocycles. The van der Waals surface area contributed by atoms with Crippen LogP contribution in [0.1, 0.15) is 0 Å². The molecule has 0 bridgehead atoms. The molecule has 2 N–H and O–H groups in total. The number of nitrogens with zero attached hydrogens (tertiary/aromatic N) is 3. The van der Waals surface area contributed by atoms with E-state index in [9.17, 15) is 10.1 Å². The third-order valence-corrected chi connectivity index (χ3v) is 2.39. The zero-order chi connectivity index (χ0) is 13.1. The lowest BCUT2D eigenvalue weighted by atomic mass is 10.4. The number of halogens is 1. The molecule has 0 atom stereocenters. The minimum Gasteiger partial charge on any atom is -0.432 e. The van der Waals surface area contributed by atoms with Crippen molar-refractivity contribution >= 4 is 27.4 Å². The number of anilines is 1. The van der Waals surface area contributed by atoms with Crippen molar-refractivity contribution in [2.75, 3.05) is 5.73 Å². The highest BCUT2D eigenvalue weighted by atomic mass is 79.9. The van der Waals surface area contributed by atoms with Crippen molar-refractivity contribution in [1.82, 2.24) is 9.97 Å². The Morgan fingerprint density at radius 1 is 1.39 bits per heavy atom. The summed E-state index contributed by atoms with van der Waals surface area (Å²) in [5.74, 6) is 0.295. The van der Waals surface area contributed by atoms with E-state index in [1.54, 1.807) is 12.3 Å². The van der Waals surface area contributed by atoms with Crippen molar-refractivity contribution < 1.29 is 9.66 Å². The topological polar surface area (TPSA) is 104 Å². The lowest BCUT2D eigenvalue weighted by Gasteiger charge is -2.05. The highest BCUT2D eigenvalue weighted by Gasteiger charge is 2.18. The zero-order valence-corrected chi connectivity index (χ0v) is 10.5. The fourth-order valence-corrected chi connectivity index (χ4v) is 1.57. The molecule has 0 radical (unpaired) electrons. The van der Waals surface area contributed by atoms with Crippen LogP contribution >= 0.6 is 15.9 Å². The standard InChI is InChI=1S/C10H7BrN4O3/c11-6-3-7(5-13-4-6)18-10-8(15(16)17)1-2-9(12)14-10/h1-5H,(H2,12,14). The number of ether oxygens (including phenoxy) is 1. The van der Waals surface area contributed by atoms with E-state index in [4.69, 9.17) is 10.5 Å². The van der Waals surface area contributed by atoms with Gasteiger partial charge in [0.15, 0.2) is 0 Å². The third-order valence-electron chi connectivity index (χ3n) is 1.95. The molecule has 2 rings (SSSR count). The van der Waals surface area contributed by atoms with Gasteiger partial charge in [0.05, 0.1) is 11.1 Å². The maximum atomic E-state index is 10.8. The largest absolute Gasteiger partial charge is 0.432 e. The number of rotatable bonds is 3. The Morgan fingerprint density at radius 3 is 2.83 bits per heavy atom. The van der Waals surface area contributed by atoms with Gasteiger partial charge in [-0.1, -0.05) is 0 Å². The molecule has 2 aromatic heterocycles. The second kappa shape index (κ2) is 4.96. The molecule has 0 aliphatic rings. The minimum atomic E-state index is -0.590. The van der Waals surface area contributed by atoms with Gasteiger partial charge in [0, 0.05) is 16.7 Å². The quantitative estimate of drug-likeness (QED) is 0.690. The Morgan fingerprint density at radius 2 is 2.17 bits per heavy atom. The van der Waals surface area contributed by atoms with Gasteiger partial charge in [0.2, 0.25) is 0 Å². The molecule has 0 unspecified atom stereocenters. The average molecular weight is 311 g/mol. The predicted octanol–water partition coefficient (Wildman–Crippen LogP) is 2.52. The summed E-state index contributed by atoms with van der Waals surface area (Å²) in [6.07, 6.45) is 2.98. The molecule has 2 aromatic rings. The summed E-state index contributed by atoms with van der Waals surface area (Å²) in [7, 11) is 0. The normalized spacial score (nSPS) is 10.1. The van der Waals surface area contributed by atoms with Gasteiger partial charge in [-0.2, -0.15) is 4.98 Å². The van der Waals surface area contributed by atoms with Gasteiger partial charge in [-0.25, -0.2) is 0 Å². The molecule has 0 spiro atoms. The van der Waals surface area contributed by atoms with Crippen LogP contribution in [0.2, 0.25) is 0 Å². The van der Waals surface area contributed by atoms with Gasteiger partial charge in [-0.15, -0.1) is 0 Å². The van der Waals surface area contributed by atoms with Gasteiger partial charge in [0.25, 0.3) is 0 Å². The molecule has 0 saturated heterocycles. The number of hydrogen-bond donors (Lipinski definition) is 1. The van der Waals surface area contributed by atoms with Crippen molar-refractivity contribution in [3.05, 3.63) is 45.2 Å². The van der Waals surface area contributed by atoms with Crippen LogP contribution in [0.15, 0.2) is 35.1 Å². The van der Waals surface area contributed by atoms with E-state index in [-0.39, 0.29) is 17.4 Å². The molecule has 0 saturated carbocycles. The number of aromatic nitrogens is 2. The monoisotopic (exact) mass is 310 g/mol. The van der Waals surface area contributed by atoms with Gasteiger partial charge in [0.1, 0.15) is 11.6 Å². The highest BCUT2D eigenvalue weighted by molar-refractivity contribution is 9.10. The summed E-state index contributed by atoms with van der Waals surface area (Å²) in [6.45, 7) is 0. The molecule has 0 aromatic carbocycles. The fraction of sp³-hybridized carbons (Fsp3) is 0. The number of nitrogens with two attached hydrogens (primary N) is 1. The maximum Gasteiger partial charge on any atom is 0.331 e. The third kappa shape index (κ3) is 2.72. The maximum absolute atomic E-state index is 10.8. The van der Waals surface area contributed by atoms with Crippen molar-refractivity contribution in [2.24, 2.45) is 0 Å². The molecule has 8 heteroatoms.